The number of hydrogen-bond donors (Lipinski definition) is 1. The van der Waals surface area contributed by atoms with Gasteiger partial charge in [-0.3, -0.25) is 14.4 Å². The molecule has 1 aliphatic rings. The molecule has 0 aliphatic carbocycles. The van der Waals surface area contributed by atoms with Crippen LogP contribution in [0, 0.1) is 10.1 Å². The van der Waals surface area contributed by atoms with Gasteiger partial charge in [0.2, 0.25) is 0 Å². The summed E-state index contributed by atoms with van der Waals surface area (Å²) >= 11 is 0. The van der Waals surface area contributed by atoms with Crippen LogP contribution >= 0.6 is 0 Å². The van der Waals surface area contributed by atoms with Crippen molar-refractivity contribution in [3.05, 3.63) is 57.6 Å². The van der Waals surface area contributed by atoms with E-state index >= 15 is 0 Å². The minimum atomic E-state index is -3.98. The maximum Gasteiger partial charge on any atom is 0.341 e. The Bertz CT molecular complexity index is 1000. The first-order valence-corrected chi connectivity index (χ1v) is 8.91. The normalized spacial score (nSPS) is 13.3. The number of esters is 1. The standard InChI is InChI=1S/C16H14N2O7S/c1-25-16(20)13-9-14-10(8-15(13)19)6-7-17(14)26(23,24)12-4-2-11(3-5-12)18(21)22/h2-5,8-9,19H,6-7H2,1H3. The van der Waals surface area contributed by atoms with E-state index in [9.17, 15) is 28.4 Å². The first-order chi connectivity index (χ1) is 12.3. The van der Waals surface area contributed by atoms with Gasteiger partial charge in [0.25, 0.3) is 15.7 Å². The van der Waals surface area contributed by atoms with E-state index in [2.05, 4.69) is 4.74 Å². The molecule has 0 atom stereocenters. The van der Waals surface area contributed by atoms with Gasteiger partial charge in [-0.05, 0) is 36.2 Å². The number of carbonyl (C=O) groups excluding carboxylic acids is 1. The molecule has 9 nitrogen and oxygen atoms in total. The van der Waals surface area contributed by atoms with Gasteiger partial charge in [0, 0.05) is 18.7 Å². The molecule has 1 aliphatic heterocycles. The smallest absolute Gasteiger partial charge is 0.341 e. The minimum Gasteiger partial charge on any atom is -0.507 e. The zero-order valence-electron chi connectivity index (χ0n) is 13.6. The molecular formula is C16H14N2O7S. The van der Waals surface area contributed by atoms with Gasteiger partial charge in [0.15, 0.2) is 0 Å². The summed E-state index contributed by atoms with van der Waals surface area (Å²) in [7, 11) is -2.83. The summed E-state index contributed by atoms with van der Waals surface area (Å²) in [5.41, 5.74) is 0.475. The van der Waals surface area contributed by atoms with Crippen LogP contribution in [0.15, 0.2) is 41.3 Å². The topological polar surface area (TPSA) is 127 Å². The Hall–Kier alpha value is -3.14. The molecule has 0 amide bonds. The molecule has 0 aromatic heterocycles. The number of fused-ring (bicyclic) bond motifs is 1. The molecular weight excluding hydrogens is 364 g/mol. The summed E-state index contributed by atoms with van der Waals surface area (Å²) in [5, 5.41) is 20.7. The first kappa shape index (κ1) is 17.7. The number of sulfonamides is 1. The maximum absolute atomic E-state index is 12.9. The van der Waals surface area contributed by atoms with Gasteiger partial charge < -0.3 is 9.84 Å². The van der Waals surface area contributed by atoms with E-state index in [0.29, 0.717) is 12.0 Å². The molecule has 3 rings (SSSR count). The van der Waals surface area contributed by atoms with E-state index < -0.39 is 20.9 Å². The molecule has 1 N–H and O–H groups in total. The molecule has 0 saturated heterocycles. The lowest BCUT2D eigenvalue weighted by atomic mass is 10.1. The van der Waals surface area contributed by atoms with E-state index in [1.807, 2.05) is 0 Å². The number of benzene rings is 2. The van der Waals surface area contributed by atoms with Crippen molar-refractivity contribution in [1.82, 2.24) is 0 Å². The fraction of sp³-hybridized carbons (Fsp3) is 0.188. The molecule has 0 saturated carbocycles. The van der Waals surface area contributed by atoms with Crippen LogP contribution in [0.3, 0.4) is 0 Å². The number of phenols is 1. The first-order valence-electron chi connectivity index (χ1n) is 7.47. The minimum absolute atomic E-state index is 0.108. The van der Waals surface area contributed by atoms with Crippen LogP contribution in [0.4, 0.5) is 11.4 Å². The SMILES string of the molecule is COC(=O)c1cc2c(cc1O)CCN2S(=O)(=O)c1ccc([N+](=O)[O-])cc1. The number of nitro groups is 1. The third-order valence-electron chi connectivity index (χ3n) is 4.09. The van der Waals surface area contributed by atoms with Crippen molar-refractivity contribution in [1.29, 1.82) is 0 Å². The van der Waals surface area contributed by atoms with Crippen molar-refractivity contribution < 1.29 is 28.0 Å². The number of phenolic OH excluding ortho intramolecular Hbond substituents is 1. The highest BCUT2D eigenvalue weighted by atomic mass is 32.2. The zero-order chi connectivity index (χ0) is 19.1. The molecule has 26 heavy (non-hydrogen) atoms. The Morgan fingerprint density at radius 2 is 1.92 bits per heavy atom. The zero-order valence-corrected chi connectivity index (χ0v) is 14.4. The maximum atomic E-state index is 12.9. The number of nitro benzene ring substituents is 1. The van der Waals surface area contributed by atoms with Gasteiger partial charge >= 0.3 is 5.97 Å². The number of non-ortho nitro benzene ring substituents is 1. The number of ether oxygens (including phenoxy) is 1. The summed E-state index contributed by atoms with van der Waals surface area (Å²) in [6, 6.07) is 7.15. The predicted molar refractivity (Wildman–Crippen MR) is 90.8 cm³/mol. The summed E-state index contributed by atoms with van der Waals surface area (Å²) in [4.78, 5) is 21.7. The van der Waals surface area contributed by atoms with Crippen molar-refractivity contribution in [2.75, 3.05) is 18.0 Å². The number of nitrogens with zero attached hydrogens (tertiary/aromatic N) is 2. The Morgan fingerprint density at radius 3 is 2.50 bits per heavy atom. The molecule has 0 radical (unpaired) electrons. The summed E-state index contributed by atoms with van der Waals surface area (Å²) in [6.45, 7) is 0.124. The van der Waals surface area contributed by atoms with Crippen LogP contribution < -0.4 is 4.31 Å². The average Bonchev–Trinajstić information content (AvgIpc) is 3.03. The fourth-order valence-electron chi connectivity index (χ4n) is 2.79. The molecule has 0 fully saturated rings. The second kappa shape index (κ2) is 6.30. The molecule has 0 spiro atoms. The van der Waals surface area contributed by atoms with Crippen LogP contribution in [-0.2, 0) is 21.2 Å². The van der Waals surface area contributed by atoms with E-state index in [-0.39, 0.29) is 34.1 Å². The lowest BCUT2D eigenvalue weighted by molar-refractivity contribution is -0.384. The van der Waals surface area contributed by atoms with Gasteiger partial charge in [-0.25, -0.2) is 13.2 Å². The van der Waals surface area contributed by atoms with E-state index in [1.54, 1.807) is 0 Å². The van der Waals surface area contributed by atoms with Gasteiger partial charge in [0.05, 0.1) is 22.6 Å². The van der Waals surface area contributed by atoms with Gasteiger partial charge in [0.1, 0.15) is 11.3 Å². The molecule has 2 aromatic rings. The Kier molecular flexibility index (Phi) is 4.28. The highest BCUT2D eigenvalue weighted by molar-refractivity contribution is 7.92. The van der Waals surface area contributed by atoms with Crippen molar-refractivity contribution in [2.45, 2.75) is 11.3 Å². The molecule has 0 bridgehead atoms. The number of hydrogen-bond acceptors (Lipinski definition) is 7. The number of rotatable bonds is 4. The monoisotopic (exact) mass is 378 g/mol. The van der Waals surface area contributed by atoms with Crippen molar-refractivity contribution in [2.24, 2.45) is 0 Å². The van der Waals surface area contributed by atoms with E-state index in [0.717, 1.165) is 35.7 Å². The lowest BCUT2D eigenvalue weighted by Crippen LogP contribution is -2.29. The number of anilines is 1. The highest BCUT2D eigenvalue weighted by Crippen LogP contribution is 2.37. The third-order valence-corrected chi connectivity index (χ3v) is 5.92. The molecule has 136 valence electrons. The predicted octanol–water partition coefficient (Wildman–Crippen LogP) is 1.84. The second-order valence-corrected chi connectivity index (χ2v) is 7.43. The van der Waals surface area contributed by atoms with Crippen LogP contribution in [0.5, 0.6) is 5.75 Å². The Labute approximate surface area is 148 Å². The van der Waals surface area contributed by atoms with Crippen molar-refractivity contribution in [3.63, 3.8) is 0 Å². The fourth-order valence-corrected chi connectivity index (χ4v) is 4.28. The molecule has 0 unspecified atom stereocenters. The third kappa shape index (κ3) is 2.84. The Balaban J connectivity index is 2.04. The quantitative estimate of drug-likeness (QED) is 0.488. The molecule has 2 aromatic carbocycles. The largest absolute Gasteiger partial charge is 0.507 e. The van der Waals surface area contributed by atoms with Gasteiger partial charge in [-0.15, -0.1) is 0 Å². The number of aromatic hydroxyl groups is 1. The van der Waals surface area contributed by atoms with Crippen LogP contribution in [-0.4, -0.2) is 38.1 Å². The second-order valence-electron chi connectivity index (χ2n) is 5.57. The molecule has 1 heterocycles. The average molecular weight is 378 g/mol. The summed E-state index contributed by atoms with van der Waals surface area (Å²) in [6.07, 6.45) is 0.358. The number of carbonyl (C=O) groups is 1. The Morgan fingerprint density at radius 1 is 1.27 bits per heavy atom. The molecule has 10 heteroatoms. The summed E-state index contributed by atoms with van der Waals surface area (Å²) in [5.74, 6) is -1.07. The highest BCUT2D eigenvalue weighted by Gasteiger charge is 2.33. The van der Waals surface area contributed by atoms with E-state index in [4.69, 9.17) is 0 Å². The van der Waals surface area contributed by atoms with Gasteiger partial charge in [-0.2, -0.15) is 0 Å². The van der Waals surface area contributed by atoms with Crippen LogP contribution in [0.25, 0.3) is 0 Å². The van der Waals surface area contributed by atoms with E-state index in [1.165, 1.54) is 12.1 Å². The summed E-state index contributed by atoms with van der Waals surface area (Å²) < 4.78 is 31.5. The number of methoxy groups -OCH3 is 1. The van der Waals surface area contributed by atoms with Crippen molar-refractivity contribution >= 4 is 27.4 Å². The van der Waals surface area contributed by atoms with Crippen molar-refractivity contribution in [3.8, 4) is 5.75 Å². The van der Waals surface area contributed by atoms with Crippen LogP contribution in [0.1, 0.15) is 15.9 Å². The lowest BCUT2D eigenvalue weighted by Gasteiger charge is -2.20. The van der Waals surface area contributed by atoms with Gasteiger partial charge in [-0.1, -0.05) is 0 Å². The van der Waals surface area contributed by atoms with Crippen LogP contribution in [0.2, 0.25) is 0 Å².